The van der Waals surface area contributed by atoms with Crippen LogP contribution in [0.15, 0.2) is 24.3 Å². The van der Waals surface area contributed by atoms with E-state index in [2.05, 4.69) is 0 Å². The van der Waals surface area contributed by atoms with E-state index in [4.69, 9.17) is 10.5 Å². The summed E-state index contributed by atoms with van der Waals surface area (Å²) in [6, 6.07) is 6.12. The maximum absolute atomic E-state index is 12.9. The Morgan fingerprint density at radius 1 is 1.35 bits per heavy atom. The number of ether oxygens (including phenoxy) is 1. The van der Waals surface area contributed by atoms with E-state index in [1.807, 2.05) is 0 Å². The Bertz CT molecular complexity index is 404. The predicted octanol–water partition coefficient (Wildman–Crippen LogP) is 1.82. The molecule has 3 nitrogen and oxygen atoms in total. The molecule has 1 aromatic rings. The maximum atomic E-state index is 12.9. The van der Waals surface area contributed by atoms with Crippen molar-refractivity contribution < 1.29 is 13.9 Å². The molecular weight excluding hydrogens is 221 g/mol. The lowest BCUT2D eigenvalue weighted by Crippen LogP contribution is -2.29. The summed E-state index contributed by atoms with van der Waals surface area (Å²) in [5, 5.41) is 0. The van der Waals surface area contributed by atoms with E-state index in [0.29, 0.717) is 0 Å². The molecule has 0 saturated heterocycles. The Labute approximate surface area is 99.8 Å². The molecule has 0 heterocycles. The van der Waals surface area contributed by atoms with Crippen LogP contribution in [-0.4, -0.2) is 19.1 Å². The molecule has 0 bridgehead atoms. The van der Waals surface area contributed by atoms with Gasteiger partial charge in [0.15, 0.2) is 0 Å². The zero-order chi connectivity index (χ0) is 12.4. The Kier molecular flexibility index (Phi) is 3.43. The molecule has 0 spiro atoms. The largest absolute Gasteiger partial charge is 0.469 e. The second kappa shape index (κ2) is 4.84. The normalized spacial score (nSPS) is 28.1. The lowest BCUT2D eigenvalue weighted by atomic mass is 9.87. The number of hydrogen-bond donors (Lipinski definition) is 1. The van der Waals surface area contributed by atoms with E-state index in [1.165, 1.54) is 19.2 Å². The van der Waals surface area contributed by atoms with Crippen LogP contribution in [0.2, 0.25) is 0 Å². The average molecular weight is 237 g/mol. The van der Waals surface area contributed by atoms with Crippen molar-refractivity contribution in [3.05, 3.63) is 35.6 Å². The van der Waals surface area contributed by atoms with Gasteiger partial charge in [-0.3, -0.25) is 4.79 Å². The summed E-state index contributed by atoms with van der Waals surface area (Å²) >= 11 is 0. The van der Waals surface area contributed by atoms with E-state index >= 15 is 0 Å². The number of hydrogen-bond acceptors (Lipinski definition) is 3. The molecule has 0 unspecified atom stereocenters. The lowest BCUT2D eigenvalue weighted by Gasteiger charge is -2.21. The molecule has 4 heteroatoms. The first kappa shape index (κ1) is 12.0. The summed E-state index contributed by atoms with van der Waals surface area (Å²) in [5.74, 6) is -0.786. The Morgan fingerprint density at radius 3 is 2.59 bits per heavy atom. The topological polar surface area (TPSA) is 52.3 Å². The van der Waals surface area contributed by atoms with Crippen molar-refractivity contribution in [2.75, 3.05) is 7.11 Å². The molecule has 0 amide bonds. The predicted molar refractivity (Wildman–Crippen MR) is 61.9 cm³/mol. The van der Waals surface area contributed by atoms with Crippen molar-refractivity contribution in [3.8, 4) is 0 Å². The van der Waals surface area contributed by atoms with E-state index in [1.54, 1.807) is 12.1 Å². The molecule has 0 aliphatic heterocycles. The van der Waals surface area contributed by atoms with Gasteiger partial charge in [-0.15, -0.1) is 0 Å². The van der Waals surface area contributed by atoms with Gasteiger partial charge in [-0.2, -0.15) is 0 Å². The van der Waals surface area contributed by atoms with Crippen molar-refractivity contribution in [2.45, 2.75) is 24.8 Å². The third-order valence-electron chi connectivity index (χ3n) is 3.46. The average Bonchev–Trinajstić information content (AvgIpc) is 2.71. The molecule has 1 aliphatic carbocycles. The molecule has 1 aromatic carbocycles. The fourth-order valence-electron chi connectivity index (χ4n) is 2.61. The van der Waals surface area contributed by atoms with Crippen LogP contribution in [0.1, 0.15) is 24.3 Å². The molecule has 0 aromatic heterocycles. The summed E-state index contributed by atoms with van der Waals surface area (Å²) in [6.07, 6.45) is 1.53. The van der Waals surface area contributed by atoms with E-state index < -0.39 is 0 Å². The second-order valence-electron chi connectivity index (χ2n) is 4.45. The third-order valence-corrected chi connectivity index (χ3v) is 3.46. The number of nitrogens with two attached hydrogens (primary N) is 1. The van der Waals surface area contributed by atoms with Crippen LogP contribution in [0.3, 0.4) is 0 Å². The minimum atomic E-state index is -0.282. The fraction of sp³-hybridized carbons (Fsp3) is 0.462. The molecule has 17 heavy (non-hydrogen) atoms. The Balaban J connectivity index is 2.27. The van der Waals surface area contributed by atoms with E-state index in [9.17, 15) is 9.18 Å². The highest BCUT2D eigenvalue weighted by Gasteiger charge is 2.39. The smallest absolute Gasteiger partial charge is 0.309 e. The van der Waals surface area contributed by atoms with Crippen molar-refractivity contribution in [1.82, 2.24) is 0 Å². The maximum Gasteiger partial charge on any atom is 0.309 e. The highest BCUT2D eigenvalue weighted by atomic mass is 19.1. The van der Waals surface area contributed by atoms with E-state index in [-0.39, 0.29) is 29.7 Å². The molecule has 3 atom stereocenters. The van der Waals surface area contributed by atoms with Gasteiger partial charge in [0.2, 0.25) is 0 Å². The van der Waals surface area contributed by atoms with Crippen LogP contribution in [0.4, 0.5) is 4.39 Å². The van der Waals surface area contributed by atoms with Gasteiger partial charge < -0.3 is 10.5 Å². The van der Waals surface area contributed by atoms with Crippen molar-refractivity contribution in [3.63, 3.8) is 0 Å². The summed E-state index contributed by atoms with van der Waals surface area (Å²) in [4.78, 5) is 11.7. The van der Waals surface area contributed by atoms with Crippen LogP contribution in [-0.2, 0) is 9.53 Å². The highest BCUT2D eigenvalue weighted by molar-refractivity contribution is 5.74. The van der Waals surface area contributed by atoms with Crippen LogP contribution in [0, 0.1) is 11.7 Å². The monoisotopic (exact) mass is 237 g/mol. The van der Waals surface area contributed by atoms with Crippen LogP contribution >= 0.6 is 0 Å². The zero-order valence-corrected chi connectivity index (χ0v) is 9.73. The minimum Gasteiger partial charge on any atom is -0.469 e. The van der Waals surface area contributed by atoms with Gasteiger partial charge in [-0.05, 0) is 30.5 Å². The summed E-state index contributed by atoms with van der Waals surface area (Å²) in [7, 11) is 1.38. The van der Waals surface area contributed by atoms with Crippen LogP contribution in [0.25, 0.3) is 0 Å². The molecule has 2 N–H and O–H groups in total. The summed E-state index contributed by atoms with van der Waals surface area (Å²) in [5.41, 5.74) is 6.94. The number of carbonyl (C=O) groups is 1. The first-order chi connectivity index (χ1) is 8.13. The van der Waals surface area contributed by atoms with Crippen LogP contribution in [0.5, 0.6) is 0 Å². The molecule has 1 saturated carbocycles. The van der Waals surface area contributed by atoms with Crippen molar-refractivity contribution >= 4 is 5.97 Å². The first-order valence-electron chi connectivity index (χ1n) is 5.72. The quantitative estimate of drug-likeness (QED) is 0.798. The molecule has 0 radical (unpaired) electrons. The van der Waals surface area contributed by atoms with Gasteiger partial charge in [0, 0.05) is 12.0 Å². The molecule has 1 fully saturated rings. The standard InChI is InChI=1S/C13H16FNO2/c1-17-13(16)10-6-7-11(15)12(10)8-2-4-9(14)5-3-8/h2-5,10-12H,6-7,15H2,1H3/t10-,11-,12+/m0/s1. The summed E-state index contributed by atoms with van der Waals surface area (Å²) in [6.45, 7) is 0. The molecular formula is C13H16FNO2. The number of carbonyl (C=O) groups excluding carboxylic acids is 1. The second-order valence-corrected chi connectivity index (χ2v) is 4.45. The van der Waals surface area contributed by atoms with Gasteiger partial charge in [0.05, 0.1) is 13.0 Å². The summed E-state index contributed by atoms with van der Waals surface area (Å²) < 4.78 is 17.7. The van der Waals surface area contributed by atoms with Crippen LogP contribution < -0.4 is 5.73 Å². The van der Waals surface area contributed by atoms with Gasteiger partial charge in [-0.1, -0.05) is 12.1 Å². The number of benzene rings is 1. The van der Waals surface area contributed by atoms with Gasteiger partial charge >= 0.3 is 5.97 Å². The van der Waals surface area contributed by atoms with Gasteiger partial charge in [-0.25, -0.2) is 4.39 Å². The fourth-order valence-corrected chi connectivity index (χ4v) is 2.61. The number of halogens is 1. The molecule has 2 rings (SSSR count). The Morgan fingerprint density at radius 2 is 2.00 bits per heavy atom. The number of methoxy groups -OCH3 is 1. The lowest BCUT2D eigenvalue weighted by molar-refractivity contribution is -0.145. The molecule has 1 aliphatic rings. The SMILES string of the molecule is COC(=O)[C@H]1CC[C@H](N)[C@@H]1c1ccc(F)cc1. The highest BCUT2D eigenvalue weighted by Crippen LogP contribution is 2.39. The van der Waals surface area contributed by atoms with Crippen molar-refractivity contribution in [2.24, 2.45) is 11.7 Å². The molecule has 92 valence electrons. The number of rotatable bonds is 2. The Hall–Kier alpha value is -1.42. The first-order valence-corrected chi connectivity index (χ1v) is 5.72. The van der Waals surface area contributed by atoms with Gasteiger partial charge in [0.1, 0.15) is 5.82 Å². The third kappa shape index (κ3) is 2.31. The van der Waals surface area contributed by atoms with E-state index in [0.717, 1.165) is 18.4 Å². The minimum absolute atomic E-state index is 0.0652. The van der Waals surface area contributed by atoms with Gasteiger partial charge in [0.25, 0.3) is 0 Å². The van der Waals surface area contributed by atoms with Crippen molar-refractivity contribution in [1.29, 1.82) is 0 Å². The number of esters is 1. The zero-order valence-electron chi connectivity index (χ0n) is 9.73.